The van der Waals surface area contributed by atoms with Gasteiger partial charge in [0, 0.05) is 0 Å². The van der Waals surface area contributed by atoms with Crippen LogP contribution in [-0.2, 0) is 46.3 Å². The minimum Gasteiger partial charge on any atom is -0.492 e. The van der Waals surface area contributed by atoms with E-state index in [0.29, 0.717) is 24.2 Å². The Morgan fingerprint density at radius 3 is 1.86 bits per heavy atom. The van der Waals surface area contributed by atoms with Crippen LogP contribution in [0, 0.1) is 17.8 Å². The minimum atomic E-state index is -1.38. The second kappa shape index (κ2) is 24.7. The maximum atomic E-state index is 14.0. The van der Waals surface area contributed by atoms with Gasteiger partial charge in [-0.25, -0.2) is 9.59 Å². The van der Waals surface area contributed by atoms with Gasteiger partial charge in [0.05, 0.1) is 38.6 Å². The first-order valence-corrected chi connectivity index (χ1v) is 20.5. The van der Waals surface area contributed by atoms with Gasteiger partial charge in [0.15, 0.2) is 0 Å². The number of aliphatic hydroxyl groups is 1. The van der Waals surface area contributed by atoms with Gasteiger partial charge in [0.25, 0.3) is 0 Å². The van der Waals surface area contributed by atoms with Crippen LogP contribution in [0.15, 0.2) is 54.6 Å². The summed E-state index contributed by atoms with van der Waals surface area (Å²) in [6.45, 7) is 16.6. The maximum Gasteiger partial charge on any atom is 0.407 e. The third-order valence-electron chi connectivity index (χ3n) is 9.83. The van der Waals surface area contributed by atoms with Gasteiger partial charge in [-0.15, -0.1) is 0 Å². The molecule has 0 bridgehead atoms. The fraction of sp³-hybridized carbons (Fsp3) is 0.591. The number of rotatable bonds is 23. The Hall–Kier alpha value is -5.18. The van der Waals surface area contributed by atoms with Crippen LogP contribution in [0.1, 0.15) is 92.7 Å². The number of hydrogen-bond donors (Lipinski definition) is 6. The van der Waals surface area contributed by atoms with Crippen LogP contribution in [-0.4, -0.2) is 96.9 Å². The van der Waals surface area contributed by atoms with Crippen molar-refractivity contribution in [1.29, 1.82) is 0 Å². The highest BCUT2D eigenvalue weighted by Crippen LogP contribution is 2.17. The zero-order valence-corrected chi connectivity index (χ0v) is 36.4. The lowest BCUT2D eigenvalue weighted by Crippen LogP contribution is -2.57. The van der Waals surface area contributed by atoms with E-state index in [4.69, 9.17) is 14.2 Å². The number of ether oxygens (including phenoxy) is 3. The second-order valence-electron chi connectivity index (χ2n) is 16.3. The molecule has 59 heavy (non-hydrogen) atoms. The number of amides is 5. The zero-order valence-electron chi connectivity index (χ0n) is 36.4. The molecule has 0 unspecified atom stereocenters. The summed E-state index contributed by atoms with van der Waals surface area (Å²) in [5.41, 5.74) is 0.814. The Morgan fingerprint density at radius 2 is 1.31 bits per heavy atom. The highest BCUT2D eigenvalue weighted by molar-refractivity contribution is 5.91. The predicted octanol–water partition coefficient (Wildman–Crippen LogP) is 3.99. The van der Waals surface area contributed by atoms with E-state index < -0.39 is 78.0 Å². The number of benzene rings is 2. The standard InChI is InChI=1S/C44H67N5O10/c1-11-28(5)38(47-35(51)25-31-19-16-20-32(23-31)58-22-21-45-43(56)59-44(7,8)9)40(53)46-33(24-30-17-14-13-15-18-30)34(50)26-36(52)48-39(29(6)12-2)41(54)49-37(27(3)4)42(55)57-10/h13-20,23,27-29,33-34,37-39,50H,11-12,21-22,24-26H2,1-10H3,(H,45,56)(H,46,53)(H,47,51)(H,48,52)(H,49,54)/t28-,29-,33-,34-,37-,38-,39-/m0/s1. The minimum absolute atomic E-state index is 0.0493. The molecule has 0 aromatic heterocycles. The molecule has 0 saturated heterocycles. The summed E-state index contributed by atoms with van der Waals surface area (Å²) < 4.78 is 15.8. The van der Waals surface area contributed by atoms with Gasteiger partial charge in [-0.2, -0.15) is 0 Å². The third-order valence-corrected chi connectivity index (χ3v) is 9.83. The lowest BCUT2D eigenvalue weighted by Gasteiger charge is -2.30. The van der Waals surface area contributed by atoms with Crippen molar-refractivity contribution in [2.45, 2.75) is 130 Å². The Morgan fingerprint density at radius 1 is 0.729 bits per heavy atom. The number of carbonyl (C=O) groups excluding carboxylic acids is 6. The summed E-state index contributed by atoms with van der Waals surface area (Å²) in [5, 5.41) is 25.4. The van der Waals surface area contributed by atoms with Gasteiger partial charge in [0.2, 0.25) is 23.6 Å². The number of hydrogen-bond acceptors (Lipinski definition) is 10. The number of aliphatic hydroxyl groups excluding tert-OH is 1. The average Bonchev–Trinajstić information content (AvgIpc) is 3.18. The fourth-order valence-corrected chi connectivity index (χ4v) is 6.05. The lowest BCUT2D eigenvalue weighted by atomic mass is 9.94. The van der Waals surface area contributed by atoms with E-state index in [2.05, 4.69) is 26.6 Å². The van der Waals surface area contributed by atoms with Crippen molar-refractivity contribution >= 4 is 35.7 Å². The Labute approximate surface area is 349 Å². The van der Waals surface area contributed by atoms with E-state index >= 15 is 0 Å². The van der Waals surface area contributed by atoms with Crippen LogP contribution in [0.3, 0.4) is 0 Å². The average molecular weight is 826 g/mol. The summed E-state index contributed by atoms with van der Waals surface area (Å²) in [7, 11) is 1.23. The number of carbonyl (C=O) groups is 6. The first-order chi connectivity index (χ1) is 27.8. The Kier molecular flexibility index (Phi) is 20.9. The first-order valence-electron chi connectivity index (χ1n) is 20.5. The number of alkyl carbamates (subject to hydrolysis) is 1. The SMILES string of the molecule is CC[C@H](C)[C@H](NC(=O)C[C@H](O)[C@H](Cc1ccccc1)NC(=O)[C@@H](NC(=O)Cc1cccc(OCCNC(=O)OC(C)(C)C)c1)[C@@H](C)CC)C(=O)N[C@H](C(=O)OC)C(C)C. The van der Waals surface area contributed by atoms with Crippen LogP contribution in [0.25, 0.3) is 0 Å². The van der Waals surface area contributed by atoms with E-state index in [1.807, 2.05) is 51.1 Å². The molecule has 0 aliphatic heterocycles. The molecule has 15 nitrogen and oxygen atoms in total. The number of methoxy groups -OCH3 is 1. The highest BCUT2D eigenvalue weighted by Gasteiger charge is 2.34. The van der Waals surface area contributed by atoms with E-state index in [0.717, 1.165) is 5.56 Å². The molecule has 328 valence electrons. The molecule has 0 fully saturated rings. The molecule has 0 aliphatic rings. The molecule has 7 atom stereocenters. The van der Waals surface area contributed by atoms with Crippen molar-refractivity contribution in [3.63, 3.8) is 0 Å². The monoisotopic (exact) mass is 825 g/mol. The topological polar surface area (TPSA) is 210 Å². The molecular weight excluding hydrogens is 759 g/mol. The molecule has 0 saturated carbocycles. The van der Waals surface area contributed by atoms with E-state index in [-0.39, 0.29) is 43.7 Å². The quantitative estimate of drug-likeness (QED) is 0.0701. The van der Waals surface area contributed by atoms with Gasteiger partial charge >= 0.3 is 12.1 Å². The molecule has 0 aliphatic carbocycles. The molecule has 0 heterocycles. The van der Waals surface area contributed by atoms with Crippen molar-refractivity contribution in [2.24, 2.45) is 17.8 Å². The third kappa shape index (κ3) is 18.1. The summed E-state index contributed by atoms with van der Waals surface area (Å²) in [5.74, 6) is -3.10. The van der Waals surface area contributed by atoms with E-state index in [1.54, 1.807) is 65.8 Å². The van der Waals surface area contributed by atoms with Gasteiger partial charge in [0.1, 0.15) is 36.1 Å². The number of esters is 1. The Balaban J connectivity index is 2.18. The van der Waals surface area contributed by atoms with Crippen LogP contribution < -0.4 is 31.3 Å². The van der Waals surface area contributed by atoms with Crippen molar-refractivity contribution in [3.05, 3.63) is 65.7 Å². The Bertz CT molecular complexity index is 1660. The summed E-state index contributed by atoms with van der Waals surface area (Å²) in [6, 6.07) is 12.3. The highest BCUT2D eigenvalue weighted by atomic mass is 16.6. The molecule has 2 aromatic rings. The van der Waals surface area contributed by atoms with Gasteiger partial charge < -0.3 is 45.9 Å². The van der Waals surface area contributed by atoms with Crippen molar-refractivity contribution in [1.82, 2.24) is 26.6 Å². The van der Waals surface area contributed by atoms with E-state index in [9.17, 15) is 33.9 Å². The van der Waals surface area contributed by atoms with Gasteiger partial charge in [-0.3, -0.25) is 19.2 Å². The molecule has 6 N–H and O–H groups in total. The number of nitrogens with one attached hydrogen (secondary N) is 5. The normalized spacial score (nSPS) is 14.9. The van der Waals surface area contributed by atoms with Crippen LogP contribution in [0.5, 0.6) is 5.75 Å². The van der Waals surface area contributed by atoms with Gasteiger partial charge in [-0.1, -0.05) is 96.8 Å². The molecular formula is C44H67N5O10. The maximum absolute atomic E-state index is 14.0. The van der Waals surface area contributed by atoms with Crippen molar-refractivity contribution in [3.8, 4) is 5.75 Å². The smallest absolute Gasteiger partial charge is 0.407 e. The second-order valence-corrected chi connectivity index (χ2v) is 16.3. The summed E-state index contributed by atoms with van der Waals surface area (Å²) in [4.78, 5) is 78.5. The van der Waals surface area contributed by atoms with Crippen molar-refractivity contribution < 1.29 is 48.1 Å². The molecule has 5 amide bonds. The molecule has 2 aromatic carbocycles. The molecule has 0 radical (unpaired) electrons. The molecule has 0 spiro atoms. The van der Waals surface area contributed by atoms with Gasteiger partial charge in [-0.05, 0) is 68.2 Å². The van der Waals surface area contributed by atoms with Crippen molar-refractivity contribution in [2.75, 3.05) is 20.3 Å². The molecule has 2 rings (SSSR count). The summed E-state index contributed by atoms with van der Waals surface area (Å²) >= 11 is 0. The zero-order chi connectivity index (χ0) is 44.3. The fourth-order valence-electron chi connectivity index (χ4n) is 6.05. The predicted molar refractivity (Wildman–Crippen MR) is 224 cm³/mol. The molecule has 15 heteroatoms. The lowest BCUT2D eigenvalue weighted by molar-refractivity contribution is -0.147. The largest absolute Gasteiger partial charge is 0.492 e. The summed E-state index contributed by atoms with van der Waals surface area (Å²) in [6.07, 6.45) is -1.16. The first kappa shape index (κ1) is 50.0. The van der Waals surface area contributed by atoms with Crippen LogP contribution in [0.2, 0.25) is 0 Å². The van der Waals surface area contributed by atoms with Crippen LogP contribution >= 0.6 is 0 Å². The van der Waals surface area contributed by atoms with E-state index in [1.165, 1.54) is 7.11 Å². The van der Waals surface area contributed by atoms with Crippen LogP contribution in [0.4, 0.5) is 4.79 Å².